The Bertz CT molecular complexity index is 344. The average molecular weight is 336 g/mol. The van der Waals surface area contributed by atoms with Gasteiger partial charge in [-0.25, -0.2) is 0 Å². The molecule has 0 aliphatic heterocycles. The van der Waals surface area contributed by atoms with E-state index >= 15 is 0 Å². The standard InChI is InChI=1S/C10H12Br2N2O/c1-7(3-11)4-14-10(15)8-2-9(12)6-13-5-8/h2,5-7H,3-4H2,1H3,(H,14,15). The van der Waals surface area contributed by atoms with Gasteiger partial charge < -0.3 is 5.32 Å². The van der Waals surface area contributed by atoms with Crippen LogP contribution in [0.4, 0.5) is 0 Å². The lowest BCUT2D eigenvalue weighted by atomic mass is 10.2. The van der Waals surface area contributed by atoms with Crippen LogP contribution in [-0.4, -0.2) is 22.8 Å². The zero-order valence-corrected chi connectivity index (χ0v) is 11.5. The van der Waals surface area contributed by atoms with E-state index in [1.807, 2.05) is 0 Å². The molecular formula is C10H12Br2N2O. The van der Waals surface area contributed by atoms with E-state index in [-0.39, 0.29) is 5.91 Å². The molecule has 1 aromatic rings. The number of hydrogen-bond donors (Lipinski definition) is 1. The van der Waals surface area contributed by atoms with Crippen molar-refractivity contribution in [3.05, 3.63) is 28.5 Å². The third-order valence-electron chi connectivity index (χ3n) is 1.84. The quantitative estimate of drug-likeness (QED) is 0.859. The molecule has 82 valence electrons. The maximum absolute atomic E-state index is 11.6. The smallest absolute Gasteiger partial charge is 0.252 e. The molecule has 1 atom stereocenters. The van der Waals surface area contributed by atoms with Crippen molar-refractivity contribution in [3.63, 3.8) is 0 Å². The number of hydrogen-bond acceptors (Lipinski definition) is 2. The number of nitrogens with zero attached hydrogens (tertiary/aromatic N) is 1. The van der Waals surface area contributed by atoms with Gasteiger partial charge in [0, 0.05) is 28.7 Å². The molecule has 15 heavy (non-hydrogen) atoms. The molecule has 0 bridgehead atoms. The van der Waals surface area contributed by atoms with Crippen LogP contribution in [-0.2, 0) is 0 Å². The number of amides is 1. The fourth-order valence-corrected chi connectivity index (χ4v) is 1.55. The lowest BCUT2D eigenvalue weighted by Gasteiger charge is -2.09. The summed E-state index contributed by atoms with van der Waals surface area (Å²) in [5, 5.41) is 3.73. The highest BCUT2D eigenvalue weighted by atomic mass is 79.9. The number of alkyl halides is 1. The summed E-state index contributed by atoms with van der Waals surface area (Å²) in [4.78, 5) is 15.6. The van der Waals surface area contributed by atoms with Crippen LogP contribution in [0.15, 0.2) is 22.9 Å². The second kappa shape index (κ2) is 6.23. The van der Waals surface area contributed by atoms with Crippen molar-refractivity contribution < 1.29 is 4.79 Å². The van der Waals surface area contributed by atoms with Crippen LogP contribution in [0.1, 0.15) is 17.3 Å². The van der Waals surface area contributed by atoms with Crippen LogP contribution in [0.5, 0.6) is 0 Å². The molecule has 1 N–H and O–H groups in total. The minimum atomic E-state index is -0.0865. The van der Waals surface area contributed by atoms with E-state index in [0.717, 1.165) is 9.80 Å². The van der Waals surface area contributed by atoms with Crippen molar-refractivity contribution in [3.8, 4) is 0 Å². The highest BCUT2D eigenvalue weighted by Gasteiger charge is 2.07. The molecule has 0 saturated carbocycles. The lowest BCUT2D eigenvalue weighted by molar-refractivity contribution is 0.0949. The Morgan fingerprint density at radius 2 is 2.33 bits per heavy atom. The molecule has 0 saturated heterocycles. The summed E-state index contributed by atoms with van der Waals surface area (Å²) in [5.74, 6) is 0.339. The van der Waals surface area contributed by atoms with Crippen molar-refractivity contribution >= 4 is 37.8 Å². The van der Waals surface area contributed by atoms with Crippen molar-refractivity contribution in [1.29, 1.82) is 0 Å². The molecule has 1 aromatic heterocycles. The van der Waals surface area contributed by atoms with Crippen molar-refractivity contribution in [2.24, 2.45) is 5.92 Å². The summed E-state index contributed by atoms with van der Waals surface area (Å²) in [6, 6.07) is 1.75. The van der Waals surface area contributed by atoms with Gasteiger partial charge in [0.1, 0.15) is 0 Å². The Labute approximate surface area is 106 Å². The number of aromatic nitrogens is 1. The zero-order chi connectivity index (χ0) is 11.3. The summed E-state index contributed by atoms with van der Waals surface area (Å²) in [7, 11) is 0. The Morgan fingerprint density at radius 3 is 2.93 bits per heavy atom. The fourth-order valence-electron chi connectivity index (χ4n) is 0.960. The Hall–Kier alpha value is -0.420. The van der Waals surface area contributed by atoms with Gasteiger partial charge >= 0.3 is 0 Å². The SMILES string of the molecule is CC(CBr)CNC(=O)c1cncc(Br)c1. The van der Waals surface area contributed by atoms with E-state index in [1.165, 1.54) is 0 Å². The van der Waals surface area contributed by atoms with E-state index in [0.29, 0.717) is 18.0 Å². The number of rotatable bonds is 4. The fraction of sp³-hybridized carbons (Fsp3) is 0.400. The first-order chi connectivity index (χ1) is 7.13. The number of halogens is 2. The summed E-state index contributed by atoms with van der Waals surface area (Å²) in [6.07, 6.45) is 3.21. The summed E-state index contributed by atoms with van der Waals surface area (Å²) < 4.78 is 0.809. The van der Waals surface area contributed by atoms with Gasteiger partial charge in [-0.15, -0.1) is 0 Å². The van der Waals surface area contributed by atoms with Gasteiger partial charge in [-0.3, -0.25) is 9.78 Å². The largest absolute Gasteiger partial charge is 0.352 e. The number of carbonyl (C=O) groups excluding carboxylic acids is 1. The predicted molar refractivity (Wildman–Crippen MR) is 67.2 cm³/mol. The molecule has 0 aliphatic rings. The van der Waals surface area contributed by atoms with Crippen LogP contribution in [0.2, 0.25) is 0 Å². The van der Waals surface area contributed by atoms with Gasteiger partial charge in [-0.2, -0.15) is 0 Å². The molecule has 0 radical (unpaired) electrons. The molecule has 0 aliphatic carbocycles. The van der Waals surface area contributed by atoms with Crippen LogP contribution < -0.4 is 5.32 Å². The molecule has 0 fully saturated rings. The summed E-state index contributed by atoms with van der Waals surface area (Å²) >= 11 is 6.64. The van der Waals surface area contributed by atoms with Gasteiger partial charge in [0.05, 0.1) is 5.56 Å². The van der Waals surface area contributed by atoms with Crippen molar-refractivity contribution in [2.75, 3.05) is 11.9 Å². The van der Waals surface area contributed by atoms with Crippen molar-refractivity contribution in [2.45, 2.75) is 6.92 Å². The van der Waals surface area contributed by atoms with Crippen LogP contribution in [0, 0.1) is 5.92 Å². The molecule has 0 spiro atoms. The number of nitrogens with one attached hydrogen (secondary N) is 1. The normalized spacial score (nSPS) is 12.2. The first-order valence-electron chi connectivity index (χ1n) is 4.58. The van der Waals surface area contributed by atoms with E-state index in [1.54, 1.807) is 18.5 Å². The van der Waals surface area contributed by atoms with E-state index in [9.17, 15) is 4.79 Å². The highest BCUT2D eigenvalue weighted by molar-refractivity contribution is 9.10. The van der Waals surface area contributed by atoms with Gasteiger partial charge in [0.25, 0.3) is 5.91 Å². The maximum atomic E-state index is 11.6. The lowest BCUT2D eigenvalue weighted by Crippen LogP contribution is -2.28. The Kier molecular flexibility index (Phi) is 5.25. The first kappa shape index (κ1) is 12.6. The monoisotopic (exact) mass is 334 g/mol. The second-order valence-corrected chi connectivity index (χ2v) is 4.92. The van der Waals surface area contributed by atoms with Crippen molar-refractivity contribution in [1.82, 2.24) is 10.3 Å². The zero-order valence-electron chi connectivity index (χ0n) is 8.34. The molecule has 1 heterocycles. The third-order valence-corrected chi connectivity index (χ3v) is 3.38. The number of pyridine rings is 1. The molecule has 3 nitrogen and oxygen atoms in total. The first-order valence-corrected chi connectivity index (χ1v) is 6.49. The van der Waals surface area contributed by atoms with Crippen LogP contribution in [0.3, 0.4) is 0 Å². The predicted octanol–water partition coefficient (Wildman–Crippen LogP) is 2.60. The molecule has 5 heteroatoms. The molecule has 1 rings (SSSR count). The average Bonchev–Trinajstić information content (AvgIpc) is 2.25. The van der Waals surface area contributed by atoms with E-state index in [4.69, 9.17) is 0 Å². The van der Waals surface area contributed by atoms with E-state index in [2.05, 4.69) is 49.1 Å². The number of carbonyl (C=O) groups is 1. The van der Waals surface area contributed by atoms with Crippen LogP contribution >= 0.6 is 31.9 Å². The highest BCUT2D eigenvalue weighted by Crippen LogP contribution is 2.09. The van der Waals surface area contributed by atoms with Gasteiger partial charge in [-0.05, 0) is 27.9 Å². The second-order valence-electron chi connectivity index (χ2n) is 3.36. The summed E-state index contributed by atoms with van der Waals surface area (Å²) in [6.45, 7) is 2.73. The van der Waals surface area contributed by atoms with Crippen LogP contribution in [0.25, 0.3) is 0 Å². The van der Waals surface area contributed by atoms with E-state index < -0.39 is 0 Å². The minimum Gasteiger partial charge on any atom is -0.352 e. The van der Waals surface area contributed by atoms with Gasteiger partial charge in [0.15, 0.2) is 0 Å². The summed E-state index contributed by atoms with van der Waals surface area (Å²) in [5.41, 5.74) is 0.575. The molecule has 1 unspecified atom stereocenters. The van der Waals surface area contributed by atoms with Gasteiger partial charge in [0.2, 0.25) is 0 Å². The third kappa shape index (κ3) is 4.30. The Morgan fingerprint density at radius 1 is 1.60 bits per heavy atom. The topological polar surface area (TPSA) is 42.0 Å². The Balaban J connectivity index is 2.54. The molecule has 1 amide bonds. The molecular weight excluding hydrogens is 324 g/mol. The van der Waals surface area contributed by atoms with Gasteiger partial charge in [-0.1, -0.05) is 22.9 Å². The minimum absolute atomic E-state index is 0.0865. The maximum Gasteiger partial charge on any atom is 0.252 e. The molecule has 0 aromatic carbocycles.